The highest BCUT2D eigenvalue weighted by molar-refractivity contribution is 5.50. The SMILES string of the molecule is CCC(C)CN(CC)c1ccc(C#N)c(F)c1. The number of nitrogens with zero attached hydrogens (tertiary/aromatic N) is 2. The van der Waals surface area contributed by atoms with Crippen LogP contribution in [0.4, 0.5) is 10.1 Å². The van der Waals surface area contributed by atoms with E-state index in [9.17, 15) is 4.39 Å². The van der Waals surface area contributed by atoms with Gasteiger partial charge in [-0.3, -0.25) is 0 Å². The van der Waals surface area contributed by atoms with Crippen molar-refractivity contribution in [1.29, 1.82) is 5.26 Å². The molecule has 0 saturated carbocycles. The van der Waals surface area contributed by atoms with Crippen LogP contribution in [0, 0.1) is 23.1 Å². The van der Waals surface area contributed by atoms with Crippen molar-refractivity contribution in [2.45, 2.75) is 27.2 Å². The van der Waals surface area contributed by atoms with Crippen LogP contribution < -0.4 is 4.90 Å². The van der Waals surface area contributed by atoms with Crippen LogP contribution in [0.5, 0.6) is 0 Å². The molecule has 2 nitrogen and oxygen atoms in total. The van der Waals surface area contributed by atoms with Crippen LogP contribution in [0.1, 0.15) is 32.8 Å². The summed E-state index contributed by atoms with van der Waals surface area (Å²) in [4.78, 5) is 2.14. The Labute approximate surface area is 103 Å². The maximum absolute atomic E-state index is 13.5. The van der Waals surface area contributed by atoms with Gasteiger partial charge in [0.15, 0.2) is 0 Å². The molecular weight excluding hydrogens is 215 g/mol. The summed E-state index contributed by atoms with van der Waals surface area (Å²) in [7, 11) is 0. The van der Waals surface area contributed by atoms with Gasteiger partial charge in [-0.25, -0.2) is 4.39 Å². The fraction of sp³-hybridized carbons (Fsp3) is 0.500. The average Bonchev–Trinajstić information content (AvgIpc) is 2.35. The number of halogens is 1. The molecule has 1 atom stereocenters. The molecule has 0 heterocycles. The van der Waals surface area contributed by atoms with E-state index < -0.39 is 5.82 Å². The topological polar surface area (TPSA) is 27.0 Å². The zero-order valence-corrected chi connectivity index (χ0v) is 10.7. The van der Waals surface area contributed by atoms with E-state index in [2.05, 4.69) is 25.7 Å². The Bertz CT molecular complexity index is 409. The Morgan fingerprint density at radius 3 is 2.59 bits per heavy atom. The van der Waals surface area contributed by atoms with E-state index in [1.165, 1.54) is 6.07 Å². The van der Waals surface area contributed by atoms with Gasteiger partial charge in [-0.2, -0.15) is 5.26 Å². The van der Waals surface area contributed by atoms with Crippen molar-refractivity contribution in [1.82, 2.24) is 0 Å². The van der Waals surface area contributed by atoms with Gasteiger partial charge in [-0.1, -0.05) is 20.3 Å². The number of hydrogen-bond acceptors (Lipinski definition) is 2. The molecular formula is C14H19FN2. The van der Waals surface area contributed by atoms with Crippen molar-refractivity contribution in [3.63, 3.8) is 0 Å². The van der Waals surface area contributed by atoms with Crippen molar-refractivity contribution in [2.24, 2.45) is 5.92 Å². The fourth-order valence-corrected chi connectivity index (χ4v) is 1.71. The van der Waals surface area contributed by atoms with E-state index in [0.29, 0.717) is 5.92 Å². The predicted molar refractivity (Wildman–Crippen MR) is 68.5 cm³/mol. The van der Waals surface area contributed by atoms with E-state index >= 15 is 0 Å². The van der Waals surface area contributed by atoms with E-state index in [1.807, 2.05) is 12.1 Å². The lowest BCUT2D eigenvalue weighted by Crippen LogP contribution is -2.28. The molecule has 92 valence electrons. The summed E-state index contributed by atoms with van der Waals surface area (Å²) >= 11 is 0. The first kappa shape index (κ1) is 13.5. The predicted octanol–water partition coefficient (Wildman–Crippen LogP) is 3.57. The quantitative estimate of drug-likeness (QED) is 0.778. The highest BCUT2D eigenvalue weighted by Crippen LogP contribution is 2.20. The first-order valence-electron chi connectivity index (χ1n) is 6.06. The van der Waals surface area contributed by atoms with E-state index in [4.69, 9.17) is 5.26 Å². The molecule has 17 heavy (non-hydrogen) atoms. The molecule has 3 heteroatoms. The summed E-state index contributed by atoms with van der Waals surface area (Å²) in [6.07, 6.45) is 1.11. The zero-order valence-electron chi connectivity index (χ0n) is 10.7. The molecule has 0 aliphatic heterocycles. The number of rotatable bonds is 5. The van der Waals surface area contributed by atoms with Gasteiger partial charge in [-0.05, 0) is 31.0 Å². The van der Waals surface area contributed by atoms with Crippen LogP contribution in [0.15, 0.2) is 18.2 Å². The summed E-state index contributed by atoms with van der Waals surface area (Å²) in [6, 6.07) is 6.65. The van der Waals surface area contributed by atoms with Gasteiger partial charge in [0.25, 0.3) is 0 Å². The minimum absolute atomic E-state index is 0.105. The van der Waals surface area contributed by atoms with Gasteiger partial charge in [0.2, 0.25) is 0 Å². The summed E-state index contributed by atoms with van der Waals surface area (Å²) in [5, 5.41) is 8.68. The Kier molecular flexibility index (Phi) is 4.96. The summed E-state index contributed by atoms with van der Waals surface area (Å²) < 4.78 is 13.5. The molecule has 0 N–H and O–H groups in total. The molecule has 0 aliphatic carbocycles. The molecule has 0 bridgehead atoms. The highest BCUT2D eigenvalue weighted by Gasteiger charge is 2.10. The monoisotopic (exact) mass is 234 g/mol. The lowest BCUT2D eigenvalue weighted by atomic mass is 10.1. The van der Waals surface area contributed by atoms with Gasteiger partial charge >= 0.3 is 0 Å². The third-order valence-electron chi connectivity index (χ3n) is 3.05. The van der Waals surface area contributed by atoms with E-state index in [0.717, 1.165) is 25.2 Å². The second kappa shape index (κ2) is 6.24. The minimum atomic E-state index is -0.437. The molecule has 1 unspecified atom stereocenters. The van der Waals surface area contributed by atoms with Gasteiger partial charge in [0.05, 0.1) is 5.56 Å². The number of nitriles is 1. The smallest absolute Gasteiger partial charge is 0.143 e. The first-order chi connectivity index (χ1) is 8.12. The lowest BCUT2D eigenvalue weighted by Gasteiger charge is -2.26. The van der Waals surface area contributed by atoms with Crippen LogP contribution in [0.25, 0.3) is 0 Å². The van der Waals surface area contributed by atoms with Gasteiger partial charge in [-0.15, -0.1) is 0 Å². The summed E-state index contributed by atoms with van der Waals surface area (Å²) in [5.74, 6) is 0.140. The maximum Gasteiger partial charge on any atom is 0.143 e. The molecule has 0 saturated heterocycles. The van der Waals surface area contributed by atoms with Gasteiger partial charge in [0.1, 0.15) is 11.9 Å². The van der Waals surface area contributed by atoms with E-state index in [1.54, 1.807) is 6.07 Å². The van der Waals surface area contributed by atoms with Crippen molar-refractivity contribution in [3.05, 3.63) is 29.6 Å². The van der Waals surface area contributed by atoms with Crippen LogP contribution in [-0.4, -0.2) is 13.1 Å². The molecule has 0 radical (unpaired) electrons. The van der Waals surface area contributed by atoms with Gasteiger partial charge in [0, 0.05) is 18.8 Å². The lowest BCUT2D eigenvalue weighted by molar-refractivity contribution is 0.546. The molecule has 0 aromatic heterocycles. The molecule has 1 rings (SSSR count). The normalized spacial score (nSPS) is 11.9. The van der Waals surface area contributed by atoms with Crippen molar-refractivity contribution in [3.8, 4) is 6.07 Å². The Morgan fingerprint density at radius 1 is 1.41 bits per heavy atom. The molecule has 1 aromatic rings. The Balaban J connectivity index is 2.90. The van der Waals surface area contributed by atoms with Crippen LogP contribution in [0.2, 0.25) is 0 Å². The number of hydrogen-bond donors (Lipinski definition) is 0. The first-order valence-corrected chi connectivity index (χ1v) is 6.06. The van der Waals surface area contributed by atoms with Crippen LogP contribution in [0.3, 0.4) is 0 Å². The second-order valence-corrected chi connectivity index (χ2v) is 4.33. The van der Waals surface area contributed by atoms with Gasteiger partial charge < -0.3 is 4.90 Å². The zero-order chi connectivity index (χ0) is 12.8. The largest absolute Gasteiger partial charge is 0.371 e. The Hall–Kier alpha value is -1.56. The molecule has 1 aromatic carbocycles. The third-order valence-corrected chi connectivity index (χ3v) is 3.05. The third kappa shape index (κ3) is 3.45. The average molecular weight is 234 g/mol. The van der Waals surface area contributed by atoms with Crippen LogP contribution in [-0.2, 0) is 0 Å². The molecule has 0 spiro atoms. The fourth-order valence-electron chi connectivity index (χ4n) is 1.71. The minimum Gasteiger partial charge on any atom is -0.371 e. The number of anilines is 1. The van der Waals surface area contributed by atoms with Crippen molar-refractivity contribution < 1.29 is 4.39 Å². The molecule has 0 amide bonds. The van der Waals surface area contributed by atoms with E-state index in [-0.39, 0.29) is 5.56 Å². The standard InChI is InChI=1S/C14H19FN2/c1-4-11(3)10-17(5-2)13-7-6-12(9-16)14(15)8-13/h6-8,11H,4-5,10H2,1-3H3. The van der Waals surface area contributed by atoms with Crippen LogP contribution >= 0.6 is 0 Å². The van der Waals surface area contributed by atoms with Crippen molar-refractivity contribution in [2.75, 3.05) is 18.0 Å². The highest BCUT2D eigenvalue weighted by atomic mass is 19.1. The summed E-state index contributed by atoms with van der Waals surface area (Å²) in [6.45, 7) is 8.15. The number of benzene rings is 1. The Morgan fingerprint density at radius 2 is 2.12 bits per heavy atom. The molecule has 0 aliphatic rings. The van der Waals surface area contributed by atoms with Crippen molar-refractivity contribution >= 4 is 5.69 Å². The maximum atomic E-state index is 13.5. The summed E-state index contributed by atoms with van der Waals surface area (Å²) in [5.41, 5.74) is 0.956. The second-order valence-electron chi connectivity index (χ2n) is 4.33. The molecule has 0 fully saturated rings.